The average molecular weight is 360 g/mol. The maximum Gasteiger partial charge on any atom is 0.329 e. The maximum absolute atomic E-state index is 12.2. The minimum Gasteiger partial charge on any atom is -0.461 e. The molecule has 0 saturated heterocycles. The Morgan fingerprint density at radius 1 is 1.08 bits per heavy atom. The molecule has 1 rings (SSSR count). The Hall–Kier alpha value is -2.93. The predicted octanol–water partition coefficient (Wildman–Crippen LogP) is 0.890. The maximum atomic E-state index is 12.2. The molecule has 0 aliphatic rings. The summed E-state index contributed by atoms with van der Waals surface area (Å²) >= 11 is 0. The summed E-state index contributed by atoms with van der Waals surface area (Å²) in [5, 5.41) is 2.53. The van der Waals surface area contributed by atoms with Gasteiger partial charge in [-0.3, -0.25) is 9.59 Å². The number of esters is 2. The summed E-state index contributed by atoms with van der Waals surface area (Å²) in [7, 11) is 0. The average Bonchev–Trinajstić information content (AvgIpc) is 2.64. The molecule has 7 heteroatoms. The molecule has 0 spiro atoms. The number of rotatable bonds is 11. The number of hydrogen-bond donors (Lipinski definition) is 2. The summed E-state index contributed by atoms with van der Waals surface area (Å²) in [5.41, 5.74) is 6.56. The van der Waals surface area contributed by atoms with Gasteiger partial charge in [0, 0.05) is 6.42 Å². The number of hydrogen-bond acceptors (Lipinski definition) is 6. The molecule has 0 bridgehead atoms. The van der Waals surface area contributed by atoms with Gasteiger partial charge in [-0.2, -0.15) is 0 Å². The molecule has 0 saturated carbocycles. The Morgan fingerprint density at radius 3 is 2.31 bits per heavy atom. The van der Waals surface area contributed by atoms with Gasteiger partial charge in [0.05, 0.1) is 12.5 Å². The van der Waals surface area contributed by atoms with Gasteiger partial charge in [-0.15, -0.1) is 0 Å². The van der Waals surface area contributed by atoms with Crippen LogP contribution in [0.3, 0.4) is 0 Å². The Balaban J connectivity index is 2.71. The van der Waals surface area contributed by atoms with Gasteiger partial charge in [0.1, 0.15) is 19.3 Å². The zero-order valence-electron chi connectivity index (χ0n) is 14.6. The Bertz CT molecular complexity index is 630. The lowest BCUT2D eigenvalue weighted by Crippen LogP contribution is -2.50. The van der Waals surface area contributed by atoms with Gasteiger partial charge in [-0.25, -0.2) is 4.79 Å². The molecule has 0 aromatic heterocycles. The molecule has 3 N–H and O–H groups in total. The van der Waals surface area contributed by atoms with Crippen LogP contribution in [0.25, 0.3) is 0 Å². The zero-order valence-corrected chi connectivity index (χ0v) is 14.6. The van der Waals surface area contributed by atoms with E-state index in [2.05, 4.69) is 18.5 Å². The minimum absolute atomic E-state index is 0.0277. The fraction of sp³-hybridized carbons (Fsp3) is 0.316. The van der Waals surface area contributed by atoms with E-state index in [0.717, 1.165) is 5.56 Å². The SMILES string of the molecule is C=CCOC(=O)C[C@H](N)C(=O)N[C@@H](Cc1ccccc1)C(=O)OCC=C. The van der Waals surface area contributed by atoms with E-state index in [0.29, 0.717) is 0 Å². The van der Waals surface area contributed by atoms with Crippen molar-refractivity contribution in [2.75, 3.05) is 13.2 Å². The molecule has 1 aromatic rings. The van der Waals surface area contributed by atoms with E-state index in [1.54, 1.807) is 0 Å². The highest BCUT2D eigenvalue weighted by molar-refractivity contribution is 5.90. The zero-order chi connectivity index (χ0) is 19.4. The van der Waals surface area contributed by atoms with Crippen molar-refractivity contribution in [3.05, 3.63) is 61.2 Å². The topological polar surface area (TPSA) is 108 Å². The number of carbonyl (C=O) groups excluding carboxylic acids is 3. The largest absolute Gasteiger partial charge is 0.461 e. The Labute approximate surface area is 152 Å². The highest BCUT2D eigenvalue weighted by Crippen LogP contribution is 2.06. The molecule has 26 heavy (non-hydrogen) atoms. The third-order valence-electron chi connectivity index (χ3n) is 3.31. The van der Waals surface area contributed by atoms with Crippen LogP contribution >= 0.6 is 0 Å². The van der Waals surface area contributed by atoms with E-state index in [1.165, 1.54) is 12.2 Å². The molecule has 0 heterocycles. The molecule has 2 atom stereocenters. The lowest BCUT2D eigenvalue weighted by molar-refractivity contribution is -0.147. The van der Waals surface area contributed by atoms with Gasteiger partial charge in [-0.1, -0.05) is 55.6 Å². The number of carbonyl (C=O) groups is 3. The van der Waals surface area contributed by atoms with Gasteiger partial charge in [-0.05, 0) is 5.56 Å². The fourth-order valence-corrected chi connectivity index (χ4v) is 2.05. The Kier molecular flexibility index (Phi) is 9.42. The minimum atomic E-state index is -1.14. The van der Waals surface area contributed by atoms with E-state index in [1.807, 2.05) is 30.3 Å². The second-order valence-corrected chi connectivity index (χ2v) is 5.45. The molecule has 140 valence electrons. The van der Waals surface area contributed by atoms with Crippen LogP contribution in [0.2, 0.25) is 0 Å². The van der Waals surface area contributed by atoms with Crippen LogP contribution in [0.15, 0.2) is 55.6 Å². The Morgan fingerprint density at radius 2 is 1.69 bits per heavy atom. The van der Waals surface area contributed by atoms with E-state index in [9.17, 15) is 14.4 Å². The van der Waals surface area contributed by atoms with E-state index in [4.69, 9.17) is 15.2 Å². The molecule has 7 nitrogen and oxygen atoms in total. The van der Waals surface area contributed by atoms with Crippen LogP contribution in [0.4, 0.5) is 0 Å². The first kappa shape index (κ1) is 21.1. The number of amides is 1. The molecule has 0 aliphatic heterocycles. The van der Waals surface area contributed by atoms with Gasteiger partial charge in [0.25, 0.3) is 0 Å². The standard InChI is InChI=1S/C19H24N2O5/c1-3-10-25-17(22)13-15(20)18(23)21-16(19(24)26-11-4-2)12-14-8-6-5-7-9-14/h3-9,15-16H,1-2,10-13,20H2,(H,21,23)/t15-,16-/m0/s1. The molecule has 0 unspecified atom stereocenters. The van der Waals surface area contributed by atoms with E-state index < -0.39 is 29.9 Å². The lowest BCUT2D eigenvalue weighted by Gasteiger charge is -2.19. The van der Waals surface area contributed by atoms with E-state index >= 15 is 0 Å². The van der Waals surface area contributed by atoms with Crippen molar-refractivity contribution in [2.24, 2.45) is 5.73 Å². The summed E-state index contributed by atoms with van der Waals surface area (Å²) in [4.78, 5) is 36.0. The van der Waals surface area contributed by atoms with Crippen LogP contribution in [0.5, 0.6) is 0 Å². The van der Waals surface area contributed by atoms with Crippen molar-refractivity contribution in [3.63, 3.8) is 0 Å². The molecular weight excluding hydrogens is 336 g/mol. The van der Waals surface area contributed by atoms with Crippen LogP contribution in [-0.2, 0) is 30.3 Å². The van der Waals surface area contributed by atoms with Crippen LogP contribution < -0.4 is 11.1 Å². The number of benzene rings is 1. The van der Waals surface area contributed by atoms with Crippen molar-refractivity contribution >= 4 is 17.8 Å². The van der Waals surface area contributed by atoms with Gasteiger partial charge in [0.15, 0.2) is 0 Å². The first-order chi connectivity index (χ1) is 12.5. The fourth-order valence-electron chi connectivity index (χ4n) is 2.05. The molecule has 0 fully saturated rings. The summed E-state index contributed by atoms with van der Waals surface area (Å²) in [5.74, 6) is -1.87. The van der Waals surface area contributed by atoms with Crippen molar-refractivity contribution < 1.29 is 23.9 Å². The van der Waals surface area contributed by atoms with E-state index in [-0.39, 0.29) is 26.1 Å². The third-order valence-corrected chi connectivity index (χ3v) is 3.31. The summed E-state index contributed by atoms with van der Waals surface area (Å²) in [6, 6.07) is 7.07. The second kappa shape index (κ2) is 11.6. The summed E-state index contributed by atoms with van der Waals surface area (Å²) in [6.45, 7) is 6.97. The predicted molar refractivity (Wildman–Crippen MR) is 97.0 cm³/mol. The summed E-state index contributed by atoms with van der Waals surface area (Å²) in [6.07, 6.45) is 2.77. The lowest BCUT2D eigenvalue weighted by atomic mass is 10.1. The molecule has 1 aromatic carbocycles. The molecular formula is C19H24N2O5. The van der Waals surface area contributed by atoms with Gasteiger partial charge >= 0.3 is 11.9 Å². The monoisotopic (exact) mass is 360 g/mol. The highest BCUT2D eigenvalue weighted by atomic mass is 16.5. The normalized spacial score (nSPS) is 12.3. The quantitative estimate of drug-likeness (QED) is 0.448. The van der Waals surface area contributed by atoms with Crippen LogP contribution in [-0.4, -0.2) is 43.1 Å². The van der Waals surface area contributed by atoms with Crippen molar-refractivity contribution in [1.29, 1.82) is 0 Å². The number of nitrogens with two attached hydrogens (primary N) is 1. The van der Waals surface area contributed by atoms with Crippen molar-refractivity contribution in [2.45, 2.75) is 24.9 Å². The van der Waals surface area contributed by atoms with Crippen molar-refractivity contribution in [1.82, 2.24) is 5.32 Å². The van der Waals surface area contributed by atoms with Crippen LogP contribution in [0, 0.1) is 0 Å². The second-order valence-electron chi connectivity index (χ2n) is 5.45. The van der Waals surface area contributed by atoms with Gasteiger partial charge < -0.3 is 20.5 Å². The number of ether oxygens (including phenoxy) is 2. The molecule has 1 amide bonds. The van der Waals surface area contributed by atoms with Crippen LogP contribution in [0.1, 0.15) is 12.0 Å². The molecule has 0 aliphatic carbocycles. The summed E-state index contributed by atoms with van der Waals surface area (Å²) < 4.78 is 9.82. The first-order valence-electron chi connectivity index (χ1n) is 8.11. The number of nitrogens with one attached hydrogen (secondary N) is 1. The van der Waals surface area contributed by atoms with Gasteiger partial charge in [0.2, 0.25) is 5.91 Å². The highest BCUT2D eigenvalue weighted by Gasteiger charge is 2.26. The first-order valence-corrected chi connectivity index (χ1v) is 8.11. The third kappa shape index (κ3) is 7.76. The van der Waals surface area contributed by atoms with Crippen molar-refractivity contribution in [3.8, 4) is 0 Å². The molecule has 0 radical (unpaired) electrons. The smallest absolute Gasteiger partial charge is 0.329 e.